The number of hydrogen-bond donors (Lipinski definition) is 4. The zero-order valence-corrected chi connectivity index (χ0v) is 26.8. The van der Waals surface area contributed by atoms with Gasteiger partial charge in [-0.1, -0.05) is 55.4 Å². The van der Waals surface area contributed by atoms with Gasteiger partial charge in [-0.05, 0) is 46.8 Å². The van der Waals surface area contributed by atoms with Gasteiger partial charge in [0, 0.05) is 27.1 Å². The van der Waals surface area contributed by atoms with Gasteiger partial charge in [0.15, 0.2) is 0 Å². The number of likely N-dealkylation sites (tertiary alicyclic amines) is 1. The van der Waals surface area contributed by atoms with Gasteiger partial charge in [-0.25, -0.2) is 4.79 Å². The molecule has 0 radical (unpaired) electrons. The van der Waals surface area contributed by atoms with E-state index in [0.29, 0.717) is 25.9 Å². The van der Waals surface area contributed by atoms with E-state index in [0.717, 1.165) is 0 Å². The Hall–Kier alpha value is -3.18. The molecule has 12 nitrogen and oxygen atoms in total. The van der Waals surface area contributed by atoms with Crippen molar-refractivity contribution >= 4 is 35.4 Å². The molecule has 3 aliphatic rings. The summed E-state index contributed by atoms with van der Waals surface area (Å²) in [5.74, 6) is -3.10. The average molecular weight is 591 g/mol. The van der Waals surface area contributed by atoms with Crippen LogP contribution in [0, 0.1) is 34.0 Å². The van der Waals surface area contributed by atoms with Gasteiger partial charge in [0.25, 0.3) is 5.91 Å². The molecule has 3 rings (SSSR count). The van der Waals surface area contributed by atoms with Gasteiger partial charge < -0.3 is 31.5 Å². The van der Waals surface area contributed by atoms with Crippen molar-refractivity contribution in [1.82, 2.24) is 25.8 Å². The van der Waals surface area contributed by atoms with Crippen LogP contribution in [0.1, 0.15) is 75.2 Å². The summed E-state index contributed by atoms with van der Waals surface area (Å²) in [6.07, 6.45) is 1.41. The van der Waals surface area contributed by atoms with Gasteiger partial charge in [-0.15, -0.1) is 0 Å². The van der Waals surface area contributed by atoms with Gasteiger partial charge >= 0.3 is 6.03 Å². The molecule has 0 bridgehead atoms. The lowest BCUT2D eigenvalue weighted by Crippen LogP contribution is -2.62. The van der Waals surface area contributed by atoms with E-state index in [4.69, 9.17) is 5.73 Å². The number of hydrogen-bond acceptors (Lipinski definition) is 6. The Morgan fingerprint density at radius 2 is 1.52 bits per heavy atom. The molecule has 236 valence electrons. The summed E-state index contributed by atoms with van der Waals surface area (Å²) in [5, 5.41) is 8.56. The van der Waals surface area contributed by atoms with Gasteiger partial charge in [-0.3, -0.25) is 24.0 Å². The highest BCUT2D eigenvalue weighted by Crippen LogP contribution is 2.65. The quantitative estimate of drug-likeness (QED) is 0.277. The number of primary amides is 1. The summed E-state index contributed by atoms with van der Waals surface area (Å²) < 4.78 is 0. The van der Waals surface area contributed by atoms with Crippen LogP contribution in [0.25, 0.3) is 0 Å². The van der Waals surface area contributed by atoms with Crippen LogP contribution in [0.4, 0.5) is 4.79 Å². The molecule has 1 heterocycles. The summed E-state index contributed by atoms with van der Waals surface area (Å²) in [5.41, 5.74) is 3.99. The van der Waals surface area contributed by atoms with Crippen LogP contribution in [-0.4, -0.2) is 89.5 Å². The normalized spacial score (nSPS) is 24.9. The molecule has 1 aliphatic heterocycles. The number of fused-ring (bicyclic) bond motifs is 1. The number of carbonyl (C=O) groups is 6. The minimum absolute atomic E-state index is 0.0882. The van der Waals surface area contributed by atoms with Crippen molar-refractivity contribution in [3.63, 3.8) is 0 Å². The number of nitrogens with zero attached hydrogens (tertiary/aromatic N) is 2. The summed E-state index contributed by atoms with van der Waals surface area (Å²) in [6.45, 7) is 17.6. The van der Waals surface area contributed by atoms with Crippen molar-refractivity contribution in [3.8, 4) is 0 Å². The van der Waals surface area contributed by atoms with Crippen molar-refractivity contribution in [1.29, 1.82) is 0 Å². The highest BCUT2D eigenvalue weighted by Gasteiger charge is 2.70. The van der Waals surface area contributed by atoms with Crippen LogP contribution in [-0.2, 0) is 24.0 Å². The highest BCUT2D eigenvalue weighted by molar-refractivity contribution is 6.38. The minimum atomic E-state index is -1.10. The number of urea groups is 1. The summed E-state index contributed by atoms with van der Waals surface area (Å²) in [4.78, 5) is 80.2. The standard InChI is InChI=1S/C30H50N6O6/c1-15(37)35(10)14-18(28(2,3)4)32-27(42)34-23(29(5,6)7)26(41)36-13-17-19(30(17,8)9)21(36)25(40)33-20(16-11-12-16)22(38)24(31)39/h16-21,23H,11-14H2,1-10H3,(H2,31,39)(H,33,40)(H2,32,34,42)/t17-,18+,19-,20?,21-,23+/m0/s1. The van der Waals surface area contributed by atoms with Crippen molar-refractivity contribution in [3.05, 3.63) is 0 Å². The Labute approximate surface area is 249 Å². The van der Waals surface area contributed by atoms with E-state index in [1.807, 2.05) is 41.5 Å². The monoisotopic (exact) mass is 590 g/mol. The largest absolute Gasteiger partial charge is 0.363 e. The SMILES string of the molecule is CC(=O)N(C)C[C@@H](NC(=O)N[C@H](C(=O)N1C[C@H]2[C@@H]([C@H]1C(=O)NC(C(=O)C(N)=O)C1CC1)C2(C)C)C(C)(C)C)C(C)(C)C. The van der Waals surface area contributed by atoms with E-state index in [9.17, 15) is 28.8 Å². The second kappa shape index (κ2) is 11.5. The van der Waals surface area contributed by atoms with Crippen molar-refractivity contribution in [2.45, 2.75) is 99.3 Å². The number of piperidine rings is 1. The number of carbonyl (C=O) groups excluding carboxylic acids is 6. The van der Waals surface area contributed by atoms with Crippen LogP contribution in [0.2, 0.25) is 0 Å². The summed E-state index contributed by atoms with van der Waals surface area (Å²) >= 11 is 0. The first-order valence-corrected chi connectivity index (χ1v) is 14.8. The molecule has 2 aliphatic carbocycles. The molecule has 0 aromatic heterocycles. The fourth-order valence-electron chi connectivity index (χ4n) is 6.12. The molecule has 5 N–H and O–H groups in total. The molecule has 0 aromatic rings. The molecule has 3 fully saturated rings. The van der Waals surface area contributed by atoms with Crippen LogP contribution in [0.5, 0.6) is 0 Å². The molecule has 6 amide bonds. The predicted molar refractivity (Wildman–Crippen MR) is 157 cm³/mol. The molecule has 12 heteroatoms. The van der Waals surface area contributed by atoms with E-state index in [1.165, 1.54) is 16.7 Å². The van der Waals surface area contributed by atoms with E-state index >= 15 is 0 Å². The molecule has 2 saturated carbocycles. The van der Waals surface area contributed by atoms with Crippen LogP contribution >= 0.6 is 0 Å². The van der Waals surface area contributed by atoms with Crippen LogP contribution in [0.15, 0.2) is 0 Å². The third kappa shape index (κ3) is 7.06. The van der Waals surface area contributed by atoms with Crippen LogP contribution in [0.3, 0.4) is 0 Å². The first-order chi connectivity index (χ1) is 19.1. The maximum atomic E-state index is 14.2. The topological polar surface area (TPSA) is 171 Å². The molecular formula is C30H50N6O6. The zero-order chi connectivity index (χ0) is 32.1. The van der Waals surface area contributed by atoms with Crippen LogP contribution < -0.4 is 21.7 Å². The van der Waals surface area contributed by atoms with E-state index in [2.05, 4.69) is 29.8 Å². The number of nitrogens with one attached hydrogen (secondary N) is 3. The Bertz CT molecular complexity index is 1130. The Morgan fingerprint density at radius 1 is 0.952 bits per heavy atom. The summed E-state index contributed by atoms with van der Waals surface area (Å²) in [7, 11) is 1.66. The smallest absolute Gasteiger partial charge is 0.315 e. The molecule has 1 saturated heterocycles. The lowest BCUT2D eigenvalue weighted by molar-refractivity contribution is -0.145. The molecule has 6 atom stereocenters. The first kappa shape index (κ1) is 33.3. The Morgan fingerprint density at radius 3 is 1.98 bits per heavy atom. The van der Waals surface area contributed by atoms with Crippen molar-refractivity contribution < 1.29 is 28.8 Å². The Kier molecular flexibility index (Phi) is 9.11. The third-order valence-electron chi connectivity index (χ3n) is 9.41. The zero-order valence-electron chi connectivity index (χ0n) is 26.8. The van der Waals surface area contributed by atoms with E-state index in [-0.39, 0.29) is 34.5 Å². The van der Waals surface area contributed by atoms with E-state index < -0.39 is 59.1 Å². The Balaban J connectivity index is 1.82. The molecule has 0 aromatic carbocycles. The fourth-order valence-corrected chi connectivity index (χ4v) is 6.12. The number of ketones is 1. The molecule has 42 heavy (non-hydrogen) atoms. The number of amides is 6. The van der Waals surface area contributed by atoms with Gasteiger partial charge in [-0.2, -0.15) is 0 Å². The maximum absolute atomic E-state index is 14.2. The molecular weight excluding hydrogens is 540 g/mol. The fraction of sp³-hybridized carbons (Fsp3) is 0.800. The second-order valence-electron chi connectivity index (χ2n) is 15.2. The van der Waals surface area contributed by atoms with Crippen molar-refractivity contribution in [2.75, 3.05) is 20.1 Å². The highest BCUT2D eigenvalue weighted by atomic mass is 16.2. The second-order valence-corrected chi connectivity index (χ2v) is 15.2. The molecule has 1 unspecified atom stereocenters. The lowest BCUT2D eigenvalue weighted by atomic mass is 9.85. The van der Waals surface area contributed by atoms with Gasteiger partial charge in [0.1, 0.15) is 18.1 Å². The number of likely N-dealkylation sites (N-methyl/N-ethyl adjacent to an activating group) is 1. The van der Waals surface area contributed by atoms with Gasteiger partial charge in [0.2, 0.25) is 23.5 Å². The van der Waals surface area contributed by atoms with Gasteiger partial charge in [0.05, 0.1) is 6.04 Å². The minimum Gasteiger partial charge on any atom is -0.363 e. The summed E-state index contributed by atoms with van der Waals surface area (Å²) in [6, 6.07) is -3.76. The average Bonchev–Trinajstić information content (AvgIpc) is 3.71. The molecule has 0 spiro atoms. The number of Topliss-reactive ketones (excluding diaryl/α,β-unsaturated/α-hetero) is 1. The number of nitrogens with two attached hydrogens (primary N) is 1. The first-order valence-electron chi connectivity index (χ1n) is 14.8. The van der Waals surface area contributed by atoms with Crippen molar-refractivity contribution in [2.24, 2.45) is 39.7 Å². The maximum Gasteiger partial charge on any atom is 0.315 e. The third-order valence-corrected chi connectivity index (χ3v) is 9.41. The van der Waals surface area contributed by atoms with E-state index in [1.54, 1.807) is 7.05 Å². The lowest BCUT2D eigenvalue weighted by Gasteiger charge is -2.39. The predicted octanol–water partition coefficient (Wildman–Crippen LogP) is 1.03. The number of rotatable bonds is 10.